The van der Waals surface area contributed by atoms with Gasteiger partial charge in [-0.25, -0.2) is 9.78 Å². The first kappa shape index (κ1) is 24.0. The van der Waals surface area contributed by atoms with Gasteiger partial charge in [-0.1, -0.05) is 12.8 Å². The zero-order chi connectivity index (χ0) is 24.1. The van der Waals surface area contributed by atoms with Crippen molar-refractivity contribution in [1.29, 1.82) is 0 Å². The minimum absolute atomic E-state index is 0.0309. The highest BCUT2D eigenvalue weighted by atomic mass is 16.5. The Labute approximate surface area is 198 Å². The molecule has 10 heteroatoms. The van der Waals surface area contributed by atoms with Gasteiger partial charge in [-0.15, -0.1) is 10.2 Å². The van der Waals surface area contributed by atoms with Crippen LogP contribution >= 0.6 is 0 Å². The Balaban J connectivity index is 1.46. The van der Waals surface area contributed by atoms with Crippen molar-refractivity contribution < 1.29 is 4.74 Å². The third-order valence-corrected chi connectivity index (χ3v) is 6.20. The predicted molar refractivity (Wildman–Crippen MR) is 131 cm³/mol. The van der Waals surface area contributed by atoms with E-state index in [-0.39, 0.29) is 22.9 Å². The van der Waals surface area contributed by atoms with Crippen LogP contribution in [0.5, 0.6) is 5.75 Å². The van der Waals surface area contributed by atoms with Crippen molar-refractivity contribution in [3.05, 3.63) is 45.1 Å². The Bertz CT molecular complexity index is 1230. The van der Waals surface area contributed by atoms with E-state index in [1.54, 1.807) is 4.57 Å². The fourth-order valence-electron chi connectivity index (χ4n) is 4.25. The Morgan fingerprint density at radius 1 is 1.09 bits per heavy atom. The zero-order valence-corrected chi connectivity index (χ0v) is 20.2. The number of fused-ring (bicyclic) bond motifs is 1. The van der Waals surface area contributed by atoms with Gasteiger partial charge in [0.25, 0.3) is 5.56 Å². The van der Waals surface area contributed by atoms with Crippen LogP contribution in [0, 0.1) is 0 Å². The van der Waals surface area contributed by atoms with Gasteiger partial charge in [0.05, 0.1) is 6.61 Å². The predicted octanol–water partition coefficient (Wildman–Crippen LogP) is 1.59. The average Bonchev–Trinajstić information content (AvgIpc) is 3.37. The van der Waals surface area contributed by atoms with E-state index in [2.05, 4.69) is 39.5 Å². The molecule has 2 heterocycles. The number of nitrogens with zero attached hydrogens (tertiary/aromatic N) is 6. The molecule has 0 saturated heterocycles. The summed E-state index contributed by atoms with van der Waals surface area (Å²) in [5, 5.41) is 11.9. The topological polar surface area (TPSA) is 107 Å². The molecule has 1 saturated carbocycles. The second-order valence-electron chi connectivity index (χ2n) is 9.04. The highest BCUT2D eigenvalue weighted by Crippen LogP contribution is 2.29. The van der Waals surface area contributed by atoms with E-state index in [1.807, 2.05) is 24.3 Å². The van der Waals surface area contributed by atoms with Crippen molar-refractivity contribution >= 4 is 11.2 Å². The van der Waals surface area contributed by atoms with E-state index < -0.39 is 5.56 Å². The van der Waals surface area contributed by atoms with Crippen molar-refractivity contribution in [2.24, 2.45) is 7.05 Å². The van der Waals surface area contributed by atoms with Gasteiger partial charge in [0.2, 0.25) is 0 Å². The monoisotopic (exact) mass is 467 g/mol. The lowest BCUT2D eigenvalue weighted by Crippen LogP contribution is -2.40. The standard InChI is InChI=1S/C24H33N7O3/c1-29(2)15-14-25-13-6-16-34-19-11-9-17(10-12-19)21-26-20-22(28-27-21)31(18-7-4-5-8-18)24(33)30(3)23(20)32/h9-12,18,25H,4-8,13-16H2,1-3H3. The van der Waals surface area contributed by atoms with Gasteiger partial charge in [-0.05, 0) is 64.2 Å². The molecule has 10 nitrogen and oxygen atoms in total. The first-order chi connectivity index (χ1) is 16.5. The Hall–Kier alpha value is -3.11. The van der Waals surface area contributed by atoms with Crippen LogP contribution in [0.15, 0.2) is 33.9 Å². The summed E-state index contributed by atoms with van der Waals surface area (Å²) in [6.07, 6.45) is 4.82. The zero-order valence-electron chi connectivity index (χ0n) is 20.2. The third-order valence-electron chi connectivity index (χ3n) is 6.20. The Morgan fingerprint density at radius 3 is 2.53 bits per heavy atom. The van der Waals surface area contributed by atoms with Crippen molar-refractivity contribution in [2.45, 2.75) is 38.1 Å². The average molecular weight is 468 g/mol. The van der Waals surface area contributed by atoms with E-state index in [4.69, 9.17) is 4.74 Å². The van der Waals surface area contributed by atoms with Crippen molar-refractivity contribution in [3.8, 4) is 17.1 Å². The smallest absolute Gasteiger partial charge is 0.332 e. The highest BCUT2D eigenvalue weighted by molar-refractivity contribution is 5.71. The van der Waals surface area contributed by atoms with Crippen LogP contribution in [0.25, 0.3) is 22.6 Å². The Morgan fingerprint density at radius 2 is 1.82 bits per heavy atom. The van der Waals surface area contributed by atoms with Gasteiger partial charge < -0.3 is 15.0 Å². The molecule has 3 aromatic rings. The third kappa shape index (κ3) is 5.34. The van der Waals surface area contributed by atoms with Gasteiger partial charge in [-0.2, -0.15) is 0 Å². The molecule has 1 aliphatic carbocycles. The molecule has 2 aromatic heterocycles. The number of nitrogens with one attached hydrogen (secondary N) is 1. The van der Waals surface area contributed by atoms with E-state index in [9.17, 15) is 9.59 Å². The first-order valence-corrected chi connectivity index (χ1v) is 11.9. The summed E-state index contributed by atoms with van der Waals surface area (Å²) < 4.78 is 8.53. The summed E-state index contributed by atoms with van der Waals surface area (Å²) in [5.74, 6) is 1.11. The number of ether oxygens (including phenoxy) is 1. The van der Waals surface area contributed by atoms with Crippen LogP contribution in [0.1, 0.15) is 38.1 Å². The molecule has 182 valence electrons. The quantitative estimate of drug-likeness (QED) is 0.448. The van der Waals surface area contributed by atoms with E-state index >= 15 is 0 Å². The molecular formula is C24H33N7O3. The lowest BCUT2D eigenvalue weighted by atomic mass is 10.2. The molecule has 0 spiro atoms. The summed E-state index contributed by atoms with van der Waals surface area (Å²) >= 11 is 0. The maximum absolute atomic E-state index is 12.8. The van der Waals surface area contributed by atoms with Gasteiger partial charge in [0.15, 0.2) is 17.0 Å². The molecule has 0 aliphatic heterocycles. The first-order valence-electron chi connectivity index (χ1n) is 11.9. The van der Waals surface area contributed by atoms with Crippen molar-refractivity contribution in [3.63, 3.8) is 0 Å². The maximum atomic E-state index is 12.8. The number of aromatic nitrogens is 5. The summed E-state index contributed by atoms with van der Waals surface area (Å²) in [5.41, 5.74) is 0.351. The molecule has 0 amide bonds. The van der Waals surface area contributed by atoms with Crippen molar-refractivity contribution in [1.82, 2.24) is 34.5 Å². The van der Waals surface area contributed by atoms with Crippen LogP contribution in [0.3, 0.4) is 0 Å². The van der Waals surface area contributed by atoms with E-state index in [1.165, 1.54) is 7.05 Å². The second kappa shape index (κ2) is 10.9. The molecule has 4 rings (SSSR count). The molecule has 1 aromatic carbocycles. The van der Waals surface area contributed by atoms with Crippen LogP contribution in [0.2, 0.25) is 0 Å². The molecule has 1 N–H and O–H groups in total. The summed E-state index contributed by atoms with van der Waals surface area (Å²) in [6, 6.07) is 7.46. The summed E-state index contributed by atoms with van der Waals surface area (Å²) in [7, 11) is 5.60. The van der Waals surface area contributed by atoms with E-state index in [0.717, 1.165) is 67.6 Å². The molecule has 0 radical (unpaired) electrons. The molecule has 1 aliphatic rings. The summed E-state index contributed by atoms with van der Waals surface area (Å²) in [4.78, 5) is 32.2. The van der Waals surface area contributed by atoms with Crippen LogP contribution in [0.4, 0.5) is 0 Å². The molecule has 0 unspecified atom stereocenters. The molecule has 34 heavy (non-hydrogen) atoms. The van der Waals surface area contributed by atoms with Gasteiger partial charge in [0, 0.05) is 31.7 Å². The minimum atomic E-state index is -0.454. The number of benzene rings is 1. The number of hydrogen-bond acceptors (Lipinski definition) is 8. The molecule has 0 atom stereocenters. The van der Waals surface area contributed by atoms with Crippen LogP contribution in [-0.2, 0) is 7.05 Å². The number of hydrogen-bond donors (Lipinski definition) is 1. The Kier molecular flexibility index (Phi) is 7.69. The van der Waals surface area contributed by atoms with Gasteiger partial charge in [0.1, 0.15) is 5.75 Å². The maximum Gasteiger partial charge on any atom is 0.332 e. The minimum Gasteiger partial charge on any atom is -0.494 e. The lowest BCUT2D eigenvalue weighted by molar-refractivity contribution is 0.306. The largest absolute Gasteiger partial charge is 0.494 e. The summed E-state index contributed by atoms with van der Waals surface area (Å²) in [6.45, 7) is 3.50. The molecular weight excluding hydrogens is 434 g/mol. The lowest BCUT2D eigenvalue weighted by Gasteiger charge is -2.16. The molecule has 1 fully saturated rings. The second-order valence-corrected chi connectivity index (χ2v) is 9.04. The van der Waals surface area contributed by atoms with Crippen LogP contribution in [-0.4, -0.2) is 69.6 Å². The number of rotatable bonds is 10. The highest BCUT2D eigenvalue weighted by Gasteiger charge is 2.24. The van der Waals surface area contributed by atoms with E-state index in [0.29, 0.717) is 12.4 Å². The molecule has 0 bridgehead atoms. The van der Waals surface area contributed by atoms with Crippen molar-refractivity contribution in [2.75, 3.05) is 40.3 Å². The SMILES string of the molecule is CN(C)CCNCCCOc1ccc(-c2nnc3c(n2)c(=O)n(C)c(=O)n3C2CCCC2)cc1. The van der Waals surface area contributed by atoms with Gasteiger partial charge in [-0.3, -0.25) is 13.9 Å². The van der Waals surface area contributed by atoms with Crippen LogP contribution < -0.4 is 21.3 Å². The number of likely N-dealkylation sites (N-methyl/N-ethyl adjacent to an activating group) is 1. The van der Waals surface area contributed by atoms with Gasteiger partial charge >= 0.3 is 5.69 Å². The fourth-order valence-corrected chi connectivity index (χ4v) is 4.25. The fraction of sp³-hybridized carbons (Fsp3) is 0.542. The normalized spacial score (nSPS) is 14.4.